The van der Waals surface area contributed by atoms with Crippen molar-refractivity contribution >= 4 is 5.97 Å². The highest BCUT2D eigenvalue weighted by molar-refractivity contribution is 5.81. The predicted octanol–water partition coefficient (Wildman–Crippen LogP) is -0.150. The van der Waals surface area contributed by atoms with Crippen LogP contribution in [0.1, 0.15) is 44.1 Å². The van der Waals surface area contributed by atoms with E-state index in [9.17, 15) is 9.90 Å². The molecule has 1 unspecified atom stereocenters. The van der Waals surface area contributed by atoms with Gasteiger partial charge < -0.3 is 38.3 Å². The lowest BCUT2D eigenvalue weighted by molar-refractivity contribution is -0.896. The highest BCUT2D eigenvalue weighted by atomic mass is 127. The second-order valence-electron chi connectivity index (χ2n) is 8.10. The molecule has 0 amide bonds. The van der Waals surface area contributed by atoms with Crippen LogP contribution in [0.15, 0.2) is 30.3 Å². The normalized spacial score (nSPS) is 23.5. The summed E-state index contributed by atoms with van der Waals surface area (Å²) < 4.78 is 6.79. The van der Waals surface area contributed by atoms with Gasteiger partial charge in [-0.05, 0) is 18.4 Å². The lowest BCUT2D eigenvalue weighted by Crippen LogP contribution is -3.00. The molecule has 0 aromatic heterocycles. The highest BCUT2D eigenvalue weighted by Gasteiger charge is 2.48. The van der Waals surface area contributed by atoms with Crippen LogP contribution < -0.4 is 24.0 Å². The Morgan fingerprint density at radius 1 is 1.08 bits per heavy atom. The molecular formula is C20H30INO3. The van der Waals surface area contributed by atoms with Crippen molar-refractivity contribution in [3.63, 3.8) is 0 Å². The van der Waals surface area contributed by atoms with Gasteiger partial charge in [-0.2, -0.15) is 0 Å². The number of rotatable bonds is 4. The van der Waals surface area contributed by atoms with Crippen LogP contribution in [-0.4, -0.2) is 48.8 Å². The number of hydrogen-bond acceptors (Lipinski definition) is 3. The first-order chi connectivity index (χ1) is 11.4. The summed E-state index contributed by atoms with van der Waals surface area (Å²) in [6.07, 6.45) is 5.58. The molecule has 0 bridgehead atoms. The van der Waals surface area contributed by atoms with Gasteiger partial charge in [-0.3, -0.25) is 0 Å². The van der Waals surface area contributed by atoms with Crippen LogP contribution in [0.25, 0.3) is 0 Å². The fourth-order valence-corrected chi connectivity index (χ4v) is 4.16. The molecule has 1 saturated heterocycles. The molecule has 5 heteroatoms. The Kier molecular flexibility index (Phi) is 6.90. The molecule has 2 aliphatic rings. The predicted molar refractivity (Wildman–Crippen MR) is 93.3 cm³/mol. The summed E-state index contributed by atoms with van der Waals surface area (Å²) in [5, 5.41) is 11.4. The van der Waals surface area contributed by atoms with E-state index in [1.807, 2.05) is 30.3 Å². The standard InChI is InChI=1S/C20H30NO3.HI/c1-21(2)14-12-18(13-15-21)24-19(22)20(23,17-10-6-7-11-17)16-8-4-3-5-9-16;/h3-5,8-9,17-18,23H,6-7,10-15H2,1-2H3;1H/q+1;/p-1. The average Bonchev–Trinajstić information content (AvgIpc) is 3.12. The molecule has 0 spiro atoms. The van der Waals surface area contributed by atoms with E-state index in [-0.39, 0.29) is 36.0 Å². The fraction of sp³-hybridized carbons (Fsp3) is 0.650. The Morgan fingerprint density at radius 3 is 2.20 bits per heavy atom. The first kappa shape index (κ1) is 20.6. The second-order valence-corrected chi connectivity index (χ2v) is 8.10. The average molecular weight is 459 g/mol. The number of piperidine rings is 1. The molecule has 25 heavy (non-hydrogen) atoms. The van der Waals surface area contributed by atoms with Gasteiger partial charge in [0.05, 0.1) is 27.2 Å². The van der Waals surface area contributed by atoms with Crippen LogP contribution >= 0.6 is 0 Å². The van der Waals surface area contributed by atoms with Crippen molar-refractivity contribution in [1.82, 2.24) is 0 Å². The summed E-state index contributed by atoms with van der Waals surface area (Å²) in [4.78, 5) is 13.0. The number of ether oxygens (including phenoxy) is 1. The van der Waals surface area contributed by atoms with E-state index in [1.54, 1.807) is 0 Å². The quantitative estimate of drug-likeness (QED) is 0.387. The zero-order chi connectivity index (χ0) is 17.2. The van der Waals surface area contributed by atoms with E-state index in [0.717, 1.165) is 56.1 Å². The van der Waals surface area contributed by atoms with E-state index in [0.29, 0.717) is 5.56 Å². The number of carbonyl (C=O) groups excluding carboxylic acids is 1. The monoisotopic (exact) mass is 459 g/mol. The number of benzene rings is 1. The van der Waals surface area contributed by atoms with Gasteiger partial charge in [-0.1, -0.05) is 43.2 Å². The van der Waals surface area contributed by atoms with Gasteiger partial charge in [0, 0.05) is 18.8 Å². The molecule has 1 saturated carbocycles. The lowest BCUT2D eigenvalue weighted by atomic mass is 9.80. The first-order valence-electron chi connectivity index (χ1n) is 9.23. The number of carbonyl (C=O) groups is 1. The summed E-state index contributed by atoms with van der Waals surface area (Å²) in [5.74, 6) is -0.485. The fourth-order valence-electron chi connectivity index (χ4n) is 4.16. The largest absolute Gasteiger partial charge is 1.00 e. The molecule has 0 radical (unpaired) electrons. The molecule has 140 valence electrons. The van der Waals surface area contributed by atoms with Crippen LogP contribution in [-0.2, 0) is 15.1 Å². The molecule has 1 heterocycles. The van der Waals surface area contributed by atoms with Gasteiger partial charge in [0.2, 0.25) is 0 Å². The molecule has 1 N–H and O–H groups in total. The zero-order valence-electron chi connectivity index (χ0n) is 15.3. The number of hydrogen-bond donors (Lipinski definition) is 1. The number of esters is 1. The third kappa shape index (κ3) is 4.55. The van der Waals surface area contributed by atoms with Crippen molar-refractivity contribution in [2.75, 3.05) is 27.2 Å². The van der Waals surface area contributed by atoms with Gasteiger partial charge in [-0.15, -0.1) is 0 Å². The molecule has 1 aromatic rings. The van der Waals surface area contributed by atoms with E-state index in [4.69, 9.17) is 4.74 Å². The van der Waals surface area contributed by atoms with Crippen molar-refractivity contribution < 1.29 is 43.1 Å². The van der Waals surface area contributed by atoms with Crippen molar-refractivity contribution in [2.24, 2.45) is 5.92 Å². The molecule has 2 fully saturated rings. The van der Waals surface area contributed by atoms with Crippen molar-refractivity contribution in [3.05, 3.63) is 35.9 Å². The van der Waals surface area contributed by atoms with Crippen molar-refractivity contribution in [2.45, 2.75) is 50.2 Å². The van der Waals surface area contributed by atoms with Crippen LogP contribution in [0.4, 0.5) is 0 Å². The van der Waals surface area contributed by atoms with Crippen LogP contribution in [0.3, 0.4) is 0 Å². The summed E-state index contributed by atoms with van der Waals surface area (Å²) >= 11 is 0. The zero-order valence-corrected chi connectivity index (χ0v) is 17.4. The summed E-state index contributed by atoms with van der Waals surface area (Å²) in [6.45, 7) is 2.01. The van der Waals surface area contributed by atoms with Crippen LogP contribution in [0.5, 0.6) is 0 Å². The smallest absolute Gasteiger partial charge is 0.343 e. The molecule has 1 atom stereocenters. The van der Waals surface area contributed by atoms with Gasteiger partial charge in [0.25, 0.3) is 0 Å². The Bertz CT molecular complexity index is 562. The Hall–Kier alpha value is -0.660. The summed E-state index contributed by atoms with van der Waals surface area (Å²) in [6, 6.07) is 9.36. The maximum Gasteiger partial charge on any atom is 0.343 e. The van der Waals surface area contributed by atoms with Gasteiger partial charge in [-0.25, -0.2) is 4.79 Å². The van der Waals surface area contributed by atoms with Crippen LogP contribution in [0, 0.1) is 5.92 Å². The Labute approximate surface area is 168 Å². The number of likely N-dealkylation sites (tertiary alicyclic amines) is 1. The number of nitrogens with zero attached hydrogens (tertiary/aromatic N) is 1. The third-order valence-electron chi connectivity index (χ3n) is 5.86. The number of halogens is 1. The minimum Gasteiger partial charge on any atom is -1.00 e. The maximum atomic E-state index is 13.0. The second kappa shape index (κ2) is 8.35. The highest BCUT2D eigenvalue weighted by Crippen LogP contribution is 2.42. The minimum atomic E-state index is -1.50. The minimum absolute atomic E-state index is 0. The molecule has 1 aliphatic heterocycles. The van der Waals surface area contributed by atoms with E-state index >= 15 is 0 Å². The van der Waals surface area contributed by atoms with Crippen molar-refractivity contribution in [1.29, 1.82) is 0 Å². The number of aliphatic hydroxyl groups is 1. The number of quaternary nitrogens is 1. The maximum absolute atomic E-state index is 13.0. The summed E-state index contributed by atoms with van der Waals surface area (Å²) in [5.41, 5.74) is -0.826. The SMILES string of the molecule is C[N+]1(C)CCC(OC(=O)C(O)(c2ccccc2)C2CCCC2)CC1.[I-]. The lowest BCUT2D eigenvalue weighted by Gasteiger charge is -2.38. The van der Waals surface area contributed by atoms with Gasteiger partial charge in [0.1, 0.15) is 6.10 Å². The Morgan fingerprint density at radius 2 is 1.64 bits per heavy atom. The van der Waals surface area contributed by atoms with Gasteiger partial charge >= 0.3 is 5.97 Å². The van der Waals surface area contributed by atoms with Crippen molar-refractivity contribution in [3.8, 4) is 0 Å². The van der Waals surface area contributed by atoms with E-state index in [1.165, 1.54) is 0 Å². The molecule has 4 nitrogen and oxygen atoms in total. The summed E-state index contributed by atoms with van der Waals surface area (Å²) in [7, 11) is 4.41. The molecule has 1 aromatic carbocycles. The third-order valence-corrected chi connectivity index (χ3v) is 5.86. The first-order valence-corrected chi connectivity index (χ1v) is 9.23. The molecular weight excluding hydrogens is 429 g/mol. The van der Waals surface area contributed by atoms with E-state index < -0.39 is 11.6 Å². The van der Waals surface area contributed by atoms with Crippen LogP contribution in [0.2, 0.25) is 0 Å². The van der Waals surface area contributed by atoms with E-state index in [2.05, 4.69) is 14.1 Å². The molecule has 1 aliphatic carbocycles. The topological polar surface area (TPSA) is 46.5 Å². The van der Waals surface area contributed by atoms with Gasteiger partial charge in [0.15, 0.2) is 5.60 Å². The molecule has 3 rings (SSSR count). The Balaban J connectivity index is 0.00000225.